The number of aliphatic hydroxyl groups is 1. The van der Waals surface area contributed by atoms with Gasteiger partial charge in [0, 0.05) is 32.7 Å². The summed E-state index contributed by atoms with van der Waals surface area (Å²) in [5.41, 5.74) is 0.888. The average molecular weight is 305 g/mol. The molecular weight excluding hydrogens is 286 g/mol. The summed E-state index contributed by atoms with van der Waals surface area (Å²) in [5.74, 6) is 0.0212. The van der Waals surface area contributed by atoms with Crippen molar-refractivity contribution in [1.82, 2.24) is 14.8 Å². The number of benzene rings is 1. The van der Waals surface area contributed by atoms with Gasteiger partial charge >= 0.3 is 0 Å². The maximum atomic E-state index is 12.5. The second kappa shape index (κ2) is 6.09. The van der Waals surface area contributed by atoms with Crippen LogP contribution in [0.1, 0.15) is 16.7 Å². The van der Waals surface area contributed by atoms with Crippen molar-refractivity contribution in [2.75, 3.05) is 32.7 Å². The predicted molar refractivity (Wildman–Crippen MR) is 83.6 cm³/mol. The highest BCUT2D eigenvalue weighted by molar-refractivity contribution is 7.20. The number of carbonyl (C=O) groups excluding carboxylic acids is 1. The van der Waals surface area contributed by atoms with Gasteiger partial charge in [-0.05, 0) is 19.1 Å². The van der Waals surface area contributed by atoms with Crippen LogP contribution in [-0.4, -0.2) is 64.6 Å². The van der Waals surface area contributed by atoms with Gasteiger partial charge in [-0.15, -0.1) is 11.3 Å². The number of aromatic nitrogens is 1. The van der Waals surface area contributed by atoms with Crippen molar-refractivity contribution < 1.29 is 9.90 Å². The standard InChI is InChI=1S/C15H19N3O2S/c1-11(19)10-17-6-8-18(9-7-17)15(20)14-16-12-4-2-3-5-13(12)21-14/h2-5,11,19H,6-10H2,1H3/t11-/m0/s1. The molecule has 0 bridgehead atoms. The van der Waals surface area contributed by atoms with E-state index < -0.39 is 0 Å². The van der Waals surface area contributed by atoms with Gasteiger partial charge in [-0.2, -0.15) is 0 Å². The maximum Gasteiger partial charge on any atom is 0.282 e. The molecule has 2 heterocycles. The van der Waals surface area contributed by atoms with Gasteiger partial charge in [0.15, 0.2) is 5.01 Å². The summed E-state index contributed by atoms with van der Waals surface area (Å²) >= 11 is 1.45. The number of thiazole rings is 1. The SMILES string of the molecule is C[C@H](O)CN1CCN(C(=O)c2nc3ccccc3s2)CC1. The lowest BCUT2D eigenvalue weighted by Gasteiger charge is -2.34. The molecule has 1 aromatic heterocycles. The van der Waals surface area contributed by atoms with Gasteiger partial charge < -0.3 is 10.0 Å². The monoisotopic (exact) mass is 305 g/mol. The maximum absolute atomic E-state index is 12.5. The molecule has 0 spiro atoms. The first-order valence-electron chi connectivity index (χ1n) is 7.19. The summed E-state index contributed by atoms with van der Waals surface area (Å²) in [6.45, 7) is 5.47. The fraction of sp³-hybridized carbons (Fsp3) is 0.467. The number of carbonyl (C=O) groups is 1. The van der Waals surface area contributed by atoms with Crippen LogP contribution in [0, 0.1) is 0 Å². The van der Waals surface area contributed by atoms with Crippen LogP contribution in [0.3, 0.4) is 0 Å². The molecule has 1 aliphatic heterocycles. The lowest BCUT2D eigenvalue weighted by molar-refractivity contribution is 0.0554. The van der Waals surface area contributed by atoms with Crippen LogP contribution >= 0.6 is 11.3 Å². The number of aliphatic hydroxyl groups excluding tert-OH is 1. The minimum atomic E-state index is -0.323. The highest BCUT2D eigenvalue weighted by atomic mass is 32.1. The number of hydrogen-bond donors (Lipinski definition) is 1. The molecule has 0 aliphatic carbocycles. The first kappa shape index (κ1) is 14.4. The molecule has 1 aromatic carbocycles. The quantitative estimate of drug-likeness (QED) is 0.932. The van der Waals surface area contributed by atoms with E-state index in [0.717, 1.165) is 23.3 Å². The van der Waals surface area contributed by atoms with Gasteiger partial charge in [-0.1, -0.05) is 12.1 Å². The van der Waals surface area contributed by atoms with E-state index in [0.29, 0.717) is 24.6 Å². The van der Waals surface area contributed by atoms with Crippen molar-refractivity contribution in [3.05, 3.63) is 29.3 Å². The molecule has 2 aromatic rings. The summed E-state index contributed by atoms with van der Waals surface area (Å²) in [6, 6.07) is 7.82. The van der Waals surface area contributed by atoms with Crippen LogP contribution in [0.4, 0.5) is 0 Å². The summed E-state index contributed by atoms with van der Waals surface area (Å²) in [6.07, 6.45) is -0.323. The van der Waals surface area contributed by atoms with Crippen molar-refractivity contribution in [2.24, 2.45) is 0 Å². The van der Waals surface area contributed by atoms with E-state index in [1.165, 1.54) is 11.3 Å². The van der Waals surface area contributed by atoms with Crippen LogP contribution < -0.4 is 0 Å². The van der Waals surface area contributed by atoms with E-state index in [9.17, 15) is 9.90 Å². The van der Waals surface area contributed by atoms with E-state index in [1.54, 1.807) is 6.92 Å². The van der Waals surface area contributed by atoms with Crippen molar-refractivity contribution in [3.8, 4) is 0 Å². The highest BCUT2D eigenvalue weighted by Crippen LogP contribution is 2.23. The van der Waals surface area contributed by atoms with Crippen LogP contribution in [0.5, 0.6) is 0 Å². The fourth-order valence-corrected chi connectivity index (χ4v) is 3.54. The van der Waals surface area contributed by atoms with E-state index in [-0.39, 0.29) is 12.0 Å². The molecular formula is C15H19N3O2S. The van der Waals surface area contributed by atoms with Crippen molar-refractivity contribution in [3.63, 3.8) is 0 Å². The third-order valence-corrected chi connectivity index (χ3v) is 4.68. The molecule has 0 saturated carbocycles. The molecule has 112 valence electrons. The first-order chi connectivity index (χ1) is 10.1. The summed E-state index contributed by atoms with van der Waals surface area (Å²) < 4.78 is 1.05. The molecule has 5 nitrogen and oxygen atoms in total. The third-order valence-electron chi connectivity index (χ3n) is 3.66. The molecule has 1 N–H and O–H groups in total. The Labute approximate surface area is 127 Å². The molecule has 0 radical (unpaired) electrons. The van der Waals surface area contributed by atoms with Gasteiger partial charge in [0.1, 0.15) is 0 Å². The molecule has 1 saturated heterocycles. The van der Waals surface area contributed by atoms with Gasteiger partial charge in [0.05, 0.1) is 16.3 Å². The van der Waals surface area contributed by atoms with Gasteiger partial charge in [-0.25, -0.2) is 4.98 Å². The van der Waals surface area contributed by atoms with Gasteiger partial charge in [0.25, 0.3) is 5.91 Å². The van der Waals surface area contributed by atoms with Crippen molar-refractivity contribution >= 4 is 27.5 Å². The second-order valence-corrected chi connectivity index (χ2v) is 6.46. The Balaban J connectivity index is 1.66. The Hall–Kier alpha value is -1.50. The lowest BCUT2D eigenvalue weighted by Crippen LogP contribution is -2.50. The van der Waals surface area contributed by atoms with E-state index in [1.807, 2.05) is 29.2 Å². The Morgan fingerprint density at radius 1 is 1.33 bits per heavy atom. The second-order valence-electron chi connectivity index (χ2n) is 5.43. The minimum absolute atomic E-state index is 0.0212. The van der Waals surface area contributed by atoms with E-state index in [2.05, 4.69) is 9.88 Å². The van der Waals surface area contributed by atoms with Crippen LogP contribution in [0.2, 0.25) is 0 Å². The Morgan fingerprint density at radius 3 is 2.71 bits per heavy atom. The van der Waals surface area contributed by atoms with Crippen LogP contribution in [0.25, 0.3) is 10.2 Å². The van der Waals surface area contributed by atoms with Crippen molar-refractivity contribution in [1.29, 1.82) is 0 Å². The zero-order valence-electron chi connectivity index (χ0n) is 12.0. The number of nitrogens with zero attached hydrogens (tertiary/aromatic N) is 3. The number of β-amino-alcohol motifs (C(OH)–C–C–N with tert-alkyl or cyclic N) is 1. The first-order valence-corrected chi connectivity index (χ1v) is 8.00. The van der Waals surface area contributed by atoms with E-state index in [4.69, 9.17) is 0 Å². The smallest absolute Gasteiger partial charge is 0.282 e. The number of amides is 1. The Bertz CT molecular complexity index is 600. The zero-order valence-corrected chi connectivity index (χ0v) is 12.8. The van der Waals surface area contributed by atoms with Crippen LogP contribution in [-0.2, 0) is 0 Å². The van der Waals surface area contributed by atoms with E-state index >= 15 is 0 Å². The minimum Gasteiger partial charge on any atom is -0.392 e. The molecule has 1 aliphatic rings. The Morgan fingerprint density at radius 2 is 2.05 bits per heavy atom. The number of hydrogen-bond acceptors (Lipinski definition) is 5. The molecule has 1 fully saturated rings. The topological polar surface area (TPSA) is 56.7 Å². The number of piperazine rings is 1. The fourth-order valence-electron chi connectivity index (χ4n) is 2.61. The summed E-state index contributed by atoms with van der Waals surface area (Å²) in [7, 11) is 0. The largest absolute Gasteiger partial charge is 0.392 e. The van der Waals surface area contributed by atoms with Gasteiger partial charge in [0.2, 0.25) is 0 Å². The highest BCUT2D eigenvalue weighted by Gasteiger charge is 2.24. The molecule has 1 amide bonds. The molecule has 21 heavy (non-hydrogen) atoms. The Kier molecular flexibility index (Phi) is 4.19. The molecule has 6 heteroatoms. The zero-order chi connectivity index (χ0) is 14.8. The molecule has 0 unspecified atom stereocenters. The van der Waals surface area contributed by atoms with Crippen molar-refractivity contribution in [2.45, 2.75) is 13.0 Å². The molecule has 3 rings (SSSR count). The number of para-hydroxylation sites is 1. The third kappa shape index (κ3) is 3.23. The molecule has 1 atom stereocenters. The number of rotatable bonds is 3. The summed E-state index contributed by atoms with van der Waals surface area (Å²) in [4.78, 5) is 21.0. The van der Waals surface area contributed by atoms with Gasteiger partial charge in [-0.3, -0.25) is 9.69 Å². The lowest BCUT2D eigenvalue weighted by atomic mass is 10.2. The number of fused-ring (bicyclic) bond motifs is 1. The average Bonchev–Trinajstić information content (AvgIpc) is 2.90. The summed E-state index contributed by atoms with van der Waals surface area (Å²) in [5, 5.41) is 9.98. The van der Waals surface area contributed by atoms with Crippen LogP contribution in [0.15, 0.2) is 24.3 Å². The predicted octanol–water partition coefficient (Wildman–Crippen LogP) is 1.43. The normalized spacial score (nSPS) is 18.1.